The average molecular weight is 266 g/mol. The maximum absolute atomic E-state index is 13.3. The highest BCUT2D eigenvalue weighted by Crippen LogP contribution is 2.25. The van der Waals surface area contributed by atoms with Crippen molar-refractivity contribution >= 4 is 5.97 Å². The lowest BCUT2D eigenvalue weighted by atomic mass is 10.2. The number of methoxy groups -OCH3 is 1. The molecule has 0 fully saturated rings. The van der Waals surface area contributed by atoms with E-state index in [-0.39, 0.29) is 24.1 Å². The number of aromatic nitrogens is 2. The van der Waals surface area contributed by atoms with Crippen LogP contribution in [0.15, 0.2) is 22.7 Å². The predicted molar refractivity (Wildman–Crippen MR) is 62.2 cm³/mol. The molecule has 0 aliphatic carbocycles. The van der Waals surface area contributed by atoms with Crippen molar-refractivity contribution in [3.05, 3.63) is 29.8 Å². The van der Waals surface area contributed by atoms with Crippen molar-refractivity contribution in [3.63, 3.8) is 0 Å². The molecule has 2 aromatic rings. The number of carbonyl (C=O) groups excluding carboxylic acids is 1. The lowest BCUT2D eigenvalue weighted by molar-refractivity contribution is 0.0508. The highest BCUT2D eigenvalue weighted by Gasteiger charge is 2.17. The van der Waals surface area contributed by atoms with E-state index in [1.807, 2.05) is 0 Å². The fraction of sp³-hybridized carbons (Fsp3) is 0.250. The quantitative estimate of drug-likeness (QED) is 0.788. The molecule has 0 N–H and O–H groups in total. The van der Waals surface area contributed by atoms with Crippen molar-refractivity contribution in [3.8, 4) is 17.2 Å². The molecule has 6 nitrogen and oxygen atoms in total. The van der Waals surface area contributed by atoms with Gasteiger partial charge in [-0.1, -0.05) is 0 Å². The van der Waals surface area contributed by atoms with Crippen LogP contribution in [0, 0.1) is 5.82 Å². The maximum Gasteiger partial charge on any atom is 0.379 e. The second kappa shape index (κ2) is 5.47. The summed E-state index contributed by atoms with van der Waals surface area (Å²) in [5.41, 5.74) is 0.446. The Morgan fingerprint density at radius 1 is 1.47 bits per heavy atom. The normalized spacial score (nSPS) is 10.3. The molecular formula is C12H11FN2O4. The number of halogens is 1. The van der Waals surface area contributed by atoms with Gasteiger partial charge in [0.15, 0.2) is 11.6 Å². The first kappa shape index (κ1) is 13.0. The van der Waals surface area contributed by atoms with Gasteiger partial charge in [0.1, 0.15) is 0 Å². The van der Waals surface area contributed by atoms with Crippen LogP contribution in [0.3, 0.4) is 0 Å². The van der Waals surface area contributed by atoms with Crippen molar-refractivity contribution in [2.75, 3.05) is 13.7 Å². The van der Waals surface area contributed by atoms with Crippen LogP contribution >= 0.6 is 0 Å². The van der Waals surface area contributed by atoms with Gasteiger partial charge in [-0.25, -0.2) is 9.18 Å². The summed E-state index contributed by atoms with van der Waals surface area (Å²) in [5.74, 6) is -1.22. The van der Waals surface area contributed by atoms with E-state index in [0.717, 1.165) is 0 Å². The number of benzene rings is 1. The molecule has 1 heterocycles. The Hall–Kier alpha value is -2.44. The third-order valence-corrected chi connectivity index (χ3v) is 2.28. The summed E-state index contributed by atoms with van der Waals surface area (Å²) in [7, 11) is 1.35. The van der Waals surface area contributed by atoms with Gasteiger partial charge in [-0.3, -0.25) is 0 Å². The van der Waals surface area contributed by atoms with E-state index < -0.39 is 11.8 Å². The van der Waals surface area contributed by atoms with Gasteiger partial charge in [-0.05, 0) is 30.3 Å². The summed E-state index contributed by atoms with van der Waals surface area (Å²) in [6.45, 7) is 1.89. The molecular weight excluding hydrogens is 255 g/mol. The van der Waals surface area contributed by atoms with Gasteiger partial charge >= 0.3 is 5.97 Å². The largest absolute Gasteiger partial charge is 0.494 e. The summed E-state index contributed by atoms with van der Waals surface area (Å²) in [6.07, 6.45) is 0. The van der Waals surface area contributed by atoms with Crippen molar-refractivity contribution < 1.29 is 23.2 Å². The lowest BCUT2D eigenvalue weighted by Gasteiger charge is -2.02. The van der Waals surface area contributed by atoms with E-state index in [2.05, 4.69) is 10.1 Å². The summed E-state index contributed by atoms with van der Waals surface area (Å²) >= 11 is 0. The first-order valence-electron chi connectivity index (χ1n) is 5.50. The van der Waals surface area contributed by atoms with Crippen molar-refractivity contribution in [2.24, 2.45) is 0 Å². The van der Waals surface area contributed by atoms with E-state index >= 15 is 0 Å². The van der Waals surface area contributed by atoms with Crippen molar-refractivity contribution in [1.29, 1.82) is 0 Å². The van der Waals surface area contributed by atoms with Gasteiger partial charge in [0.05, 0.1) is 13.7 Å². The number of esters is 1. The molecule has 0 aliphatic heterocycles. The molecule has 0 aliphatic rings. The van der Waals surface area contributed by atoms with Gasteiger partial charge < -0.3 is 14.0 Å². The highest BCUT2D eigenvalue weighted by atomic mass is 19.1. The summed E-state index contributed by atoms with van der Waals surface area (Å²) in [6, 6.07) is 4.06. The minimum Gasteiger partial charge on any atom is -0.494 e. The predicted octanol–water partition coefficient (Wildman–Crippen LogP) is 2.06. The van der Waals surface area contributed by atoms with Crippen LogP contribution in [-0.2, 0) is 4.74 Å². The molecule has 100 valence electrons. The highest BCUT2D eigenvalue weighted by molar-refractivity contribution is 5.85. The first-order chi connectivity index (χ1) is 9.15. The molecule has 0 saturated carbocycles. The molecule has 0 unspecified atom stereocenters. The fourth-order valence-electron chi connectivity index (χ4n) is 1.41. The zero-order chi connectivity index (χ0) is 13.8. The van der Waals surface area contributed by atoms with E-state index in [1.54, 1.807) is 6.92 Å². The van der Waals surface area contributed by atoms with Crippen LogP contribution in [0.25, 0.3) is 11.5 Å². The number of ether oxygens (including phenoxy) is 2. The third kappa shape index (κ3) is 2.70. The van der Waals surface area contributed by atoms with Gasteiger partial charge in [0.25, 0.3) is 11.7 Å². The molecule has 1 aromatic carbocycles. The molecule has 2 rings (SSSR count). The molecule has 0 bridgehead atoms. The maximum atomic E-state index is 13.3. The van der Waals surface area contributed by atoms with Crippen LogP contribution in [-0.4, -0.2) is 29.8 Å². The smallest absolute Gasteiger partial charge is 0.379 e. The molecule has 0 amide bonds. The molecule has 0 atom stereocenters. The number of carbonyl (C=O) groups is 1. The Morgan fingerprint density at radius 3 is 2.95 bits per heavy atom. The molecule has 0 saturated heterocycles. The Bertz CT molecular complexity index is 597. The van der Waals surface area contributed by atoms with Crippen molar-refractivity contribution in [1.82, 2.24) is 10.1 Å². The van der Waals surface area contributed by atoms with Crippen LogP contribution in [0.4, 0.5) is 4.39 Å². The van der Waals surface area contributed by atoms with Crippen LogP contribution in [0.2, 0.25) is 0 Å². The van der Waals surface area contributed by atoms with Gasteiger partial charge in [0.2, 0.25) is 0 Å². The number of hydrogen-bond donors (Lipinski definition) is 0. The topological polar surface area (TPSA) is 74.5 Å². The Labute approximate surface area is 108 Å². The van der Waals surface area contributed by atoms with Crippen LogP contribution in [0.1, 0.15) is 17.5 Å². The Morgan fingerprint density at radius 2 is 2.26 bits per heavy atom. The average Bonchev–Trinajstić information content (AvgIpc) is 2.89. The summed E-state index contributed by atoms with van der Waals surface area (Å²) in [4.78, 5) is 15.2. The monoisotopic (exact) mass is 266 g/mol. The Kier molecular flexibility index (Phi) is 3.74. The second-order valence-corrected chi connectivity index (χ2v) is 3.49. The molecule has 0 radical (unpaired) electrons. The van der Waals surface area contributed by atoms with E-state index in [4.69, 9.17) is 14.0 Å². The van der Waals surface area contributed by atoms with Crippen molar-refractivity contribution in [2.45, 2.75) is 6.92 Å². The zero-order valence-corrected chi connectivity index (χ0v) is 10.3. The minimum absolute atomic E-state index is 0.0494. The van der Waals surface area contributed by atoms with E-state index in [1.165, 1.54) is 25.3 Å². The standard InChI is InChI=1S/C12H11FN2O4/c1-3-18-12(16)10-14-11(19-15-10)7-4-5-8(13)9(6-7)17-2/h4-6H,3H2,1-2H3. The van der Waals surface area contributed by atoms with Gasteiger partial charge in [0, 0.05) is 5.56 Å². The molecule has 19 heavy (non-hydrogen) atoms. The molecule has 0 spiro atoms. The third-order valence-electron chi connectivity index (χ3n) is 2.28. The summed E-state index contributed by atoms with van der Waals surface area (Å²) in [5, 5.41) is 3.49. The fourth-order valence-corrected chi connectivity index (χ4v) is 1.41. The number of rotatable bonds is 4. The number of hydrogen-bond acceptors (Lipinski definition) is 6. The van der Waals surface area contributed by atoms with E-state index in [0.29, 0.717) is 5.56 Å². The lowest BCUT2D eigenvalue weighted by Crippen LogP contribution is -2.06. The van der Waals surface area contributed by atoms with Gasteiger partial charge in [-0.2, -0.15) is 4.98 Å². The van der Waals surface area contributed by atoms with Gasteiger partial charge in [-0.15, -0.1) is 0 Å². The zero-order valence-electron chi connectivity index (χ0n) is 10.3. The molecule has 1 aromatic heterocycles. The first-order valence-corrected chi connectivity index (χ1v) is 5.50. The van der Waals surface area contributed by atoms with Crippen LogP contribution in [0.5, 0.6) is 5.75 Å². The van der Waals surface area contributed by atoms with Crippen LogP contribution < -0.4 is 4.74 Å². The summed E-state index contributed by atoms with van der Waals surface area (Å²) < 4.78 is 27.7. The van der Waals surface area contributed by atoms with E-state index in [9.17, 15) is 9.18 Å². The Balaban J connectivity index is 2.30. The SMILES string of the molecule is CCOC(=O)c1noc(-c2ccc(F)c(OC)c2)n1. The number of nitrogens with zero attached hydrogens (tertiary/aromatic N) is 2. The minimum atomic E-state index is -0.674. The molecule has 7 heteroatoms. The second-order valence-electron chi connectivity index (χ2n) is 3.49.